The first-order valence-electron chi connectivity index (χ1n) is 6.84. The molecule has 1 aromatic heterocycles. The van der Waals surface area contributed by atoms with Crippen LogP contribution in [0.15, 0.2) is 21.2 Å². The van der Waals surface area contributed by atoms with Gasteiger partial charge >= 0.3 is 13.1 Å². The predicted molar refractivity (Wildman–Crippen MR) is 81.9 cm³/mol. The third-order valence-corrected chi connectivity index (χ3v) is 4.60. The predicted octanol–water partition coefficient (Wildman–Crippen LogP) is 3.32. The number of hydrogen-bond donors (Lipinski definition) is 0. The van der Waals surface area contributed by atoms with Crippen LogP contribution in [0.5, 0.6) is 0 Å². The summed E-state index contributed by atoms with van der Waals surface area (Å²) in [4.78, 5) is 11.7. The van der Waals surface area contributed by atoms with E-state index < -0.39 is 18.3 Å². The Labute approximate surface area is 133 Å². The Morgan fingerprint density at radius 2 is 1.86 bits per heavy atom. The molecule has 0 aromatic carbocycles. The van der Waals surface area contributed by atoms with Crippen molar-refractivity contribution in [2.24, 2.45) is 0 Å². The van der Waals surface area contributed by atoms with Gasteiger partial charge in [-0.25, -0.2) is 0 Å². The summed E-state index contributed by atoms with van der Waals surface area (Å²) in [6.45, 7) is 7.89. The molecule has 1 aliphatic heterocycles. The molecule has 2 heterocycles. The first-order chi connectivity index (χ1) is 9.66. The zero-order chi connectivity index (χ0) is 15.8. The summed E-state index contributed by atoms with van der Waals surface area (Å²) in [5.41, 5.74) is -0.925. The van der Waals surface area contributed by atoms with Crippen LogP contribution in [0.3, 0.4) is 0 Å². The number of carbonyl (C=O) groups excluding carboxylic acids is 1. The standard InChI is InChI=1S/C14H20BBrO5/c1-13(2)14(3,4)21-15(20-13)9(8-12(17)18-5)10-6-7-11(16)19-10/h6-7,9H,8H2,1-5H3. The van der Waals surface area contributed by atoms with Gasteiger partial charge in [0, 0.05) is 0 Å². The molecule has 2 rings (SSSR count). The van der Waals surface area contributed by atoms with E-state index in [0.29, 0.717) is 10.4 Å². The van der Waals surface area contributed by atoms with Gasteiger partial charge in [-0.3, -0.25) is 4.79 Å². The van der Waals surface area contributed by atoms with E-state index in [2.05, 4.69) is 15.9 Å². The summed E-state index contributed by atoms with van der Waals surface area (Å²) in [6, 6.07) is 3.59. The van der Waals surface area contributed by atoms with Gasteiger partial charge in [-0.05, 0) is 55.8 Å². The van der Waals surface area contributed by atoms with E-state index in [4.69, 9.17) is 18.5 Å². The topological polar surface area (TPSA) is 57.9 Å². The molecule has 7 heteroatoms. The molecule has 1 atom stereocenters. The highest BCUT2D eigenvalue weighted by Crippen LogP contribution is 2.42. The number of methoxy groups -OCH3 is 1. The molecule has 1 fully saturated rings. The second-order valence-corrected chi connectivity index (χ2v) is 6.93. The minimum absolute atomic E-state index is 0.132. The van der Waals surface area contributed by atoms with Crippen LogP contribution in [0, 0.1) is 0 Å². The number of ether oxygens (including phenoxy) is 1. The fourth-order valence-corrected chi connectivity index (χ4v) is 2.49. The number of halogens is 1. The van der Waals surface area contributed by atoms with E-state index in [0.717, 1.165) is 0 Å². The number of esters is 1. The van der Waals surface area contributed by atoms with Crippen LogP contribution in [0.2, 0.25) is 0 Å². The molecule has 0 bridgehead atoms. The minimum Gasteiger partial charge on any atom is -0.469 e. The summed E-state index contributed by atoms with van der Waals surface area (Å²) >= 11 is 3.27. The molecule has 0 saturated carbocycles. The Morgan fingerprint density at radius 3 is 2.29 bits per heavy atom. The van der Waals surface area contributed by atoms with Gasteiger partial charge in [0.1, 0.15) is 5.76 Å². The van der Waals surface area contributed by atoms with Crippen molar-refractivity contribution in [1.82, 2.24) is 0 Å². The maximum atomic E-state index is 11.7. The molecule has 1 saturated heterocycles. The fourth-order valence-electron chi connectivity index (χ4n) is 2.17. The summed E-state index contributed by atoms with van der Waals surface area (Å²) < 4.78 is 23.0. The van der Waals surface area contributed by atoms with Gasteiger partial charge in [0.15, 0.2) is 4.67 Å². The molecule has 0 aliphatic carbocycles. The third-order valence-electron chi connectivity index (χ3n) is 4.17. The molecule has 1 unspecified atom stereocenters. The van der Waals surface area contributed by atoms with Crippen molar-refractivity contribution in [3.8, 4) is 0 Å². The highest BCUT2D eigenvalue weighted by Gasteiger charge is 2.55. The van der Waals surface area contributed by atoms with Gasteiger partial charge in [-0.2, -0.15) is 0 Å². The zero-order valence-corrected chi connectivity index (χ0v) is 14.5. The quantitative estimate of drug-likeness (QED) is 0.610. The van der Waals surface area contributed by atoms with Crippen molar-refractivity contribution >= 4 is 29.0 Å². The van der Waals surface area contributed by atoms with Crippen LogP contribution >= 0.6 is 15.9 Å². The average Bonchev–Trinajstić information content (AvgIpc) is 2.88. The van der Waals surface area contributed by atoms with E-state index in [1.54, 1.807) is 6.07 Å². The number of furan rings is 1. The number of carbonyl (C=O) groups is 1. The van der Waals surface area contributed by atoms with Gasteiger partial charge in [-0.1, -0.05) is 0 Å². The Bertz CT molecular complexity index is 509. The molecule has 0 amide bonds. The lowest BCUT2D eigenvalue weighted by Gasteiger charge is -2.32. The van der Waals surface area contributed by atoms with Crippen LogP contribution in [0.4, 0.5) is 0 Å². The third kappa shape index (κ3) is 3.35. The first-order valence-corrected chi connectivity index (χ1v) is 7.63. The molecule has 5 nitrogen and oxygen atoms in total. The van der Waals surface area contributed by atoms with Crippen molar-refractivity contribution < 1.29 is 23.3 Å². The van der Waals surface area contributed by atoms with Gasteiger partial charge in [0.2, 0.25) is 0 Å². The van der Waals surface area contributed by atoms with Crippen LogP contribution < -0.4 is 0 Å². The monoisotopic (exact) mass is 358 g/mol. The molecule has 116 valence electrons. The van der Waals surface area contributed by atoms with Crippen LogP contribution in [-0.4, -0.2) is 31.4 Å². The van der Waals surface area contributed by atoms with Crippen molar-refractivity contribution in [2.45, 2.75) is 51.1 Å². The molecule has 1 aromatic rings. The lowest BCUT2D eigenvalue weighted by atomic mass is 9.68. The average molecular weight is 359 g/mol. The van der Waals surface area contributed by atoms with Gasteiger partial charge in [0.25, 0.3) is 0 Å². The highest BCUT2D eigenvalue weighted by atomic mass is 79.9. The Morgan fingerprint density at radius 1 is 1.29 bits per heavy atom. The first kappa shape index (κ1) is 16.6. The van der Waals surface area contributed by atoms with E-state index >= 15 is 0 Å². The van der Waals surface area contributed by atoms with Gasteiger partial charge in [0.05, 0.1) is 30.5 Å². The molecule has 0 radical (unpaired) electrons. The van der Waals surface area contributed by atoms with Gasteiger partial charge in [-0.15, -0.1) is 0 Å². The lowest BCUT2D eigenvalue weighted by Crippen LogP contribution is -2.41. The minimum atomic E-state index is -0.563. The van der Waals surface area contributed by atoms with Crippen molar-refractivity contribution in [2.75, 3.05) is 7.11 Å². The Balaban J connectivity index is 2.27. The largest absolute Gasteiger partial charge is 0.469 e. The summed E-state index contributed by atoms with van der Waals surface area (Å²) in [7, 11) is 0.800. The van der Waals surface area contributed by atoms with E-state index in [9.17, 15) is 4.79 Å². The summed E-state index contributed by atoms with van der Waals surface area (Å²) in [5, 5.41) is 0. The molecule has 1 aliphatic rings. The second-order valence-electron chi connectivity index (χ2n) is 6.15. The maximum Gasteiger partial charge on any atom is 0.469 e. The molecular weight excluding hydrogens is 339 g/mol. The zero-order valence-electron chi connectivity index (χ0n) is 12.9. The SMILES string of the molecule is COC(=O)CC(B1OC(C)(C)C(C)(C)O1)c1ccc(Br)o1. The van der Waals surface area contributed by atoms with Crippen LogP contribution in [0.25, 0.3) is 0 Å². The van der Waals surface area contributed by atoms with Crippen molar-refractivity contribution in [3.63, 3.8) is 0 Å². The number of hydrogen-bond acceptors (Lipinski definition) is 5. The molecular formula is C14H20BBrO5. The maximum absolute atomic E-state index is 11.7. The molecule has 21 heavy (non-hydrogen) atoms. The lowest BCUT2D eigenvalue weighted by molar-refractivity contribution is -0.140. The Kier molecular flexibility index (Phi) is 4.56. The summed E-state index contributed by atoms with van der Waals surface area (Å²) in [5.74, 6) is -0.0576. The smallest absolute Gasteiger partial charge is 0.469 e. The van der Waals surface area contributed by atoms with Crippen LogP contribution in [-0.2, 0) is 18.8 Å². The normalized spacial score (nSPS) is 21.3. The fraction of sp³-hybridized carbons (Fsp3) is 0.643. The number of rotatable bonds is 4. The molecule has 0 N–H and O–H groups in total. The molecule has 0 spiro atoms. The van der Waals surface area contributed by atoms with E-state index in [1.807, 2.05) is 33.8 Å². The Hall–Kier alpha value is -0.785. The summed E-state index contributed by atoms with van der Waals surface area (Å²) in [6.07, 6.45) is 0.132. The van der Waals surface area contributed by atoms with E-state index in [1.165, 1.54) is 7.11 Å². The van der Waals surface area contributed by atoms with Crippen molar-refractivity contribution in [3.05, 3.63) is 22.6 Å². The van der Waals surface area contributed by atoms with Gasteiger partial charge < -0.3 is 18.5 Å². The van der Waals surface area contributed by atoms with E-state index in [-0.39, 0.29) is 18.2 Å². The second kappa shape index (κ2) is 5.78. The highest BCUT2D eigenvalue weighted by molar-refractivity contribution is 9.10. The van der Waals surface area contributed by atoms with Crippen molar-refractivity contribution in [1.29, 1.82) is 0 Å². The van der Waals surface area contributed by atoms with Crippen LogP contribution in [0.1, 0.15) is 45.7 Å².